The fourth-order valence-corrected chi connectivity index (χ4v) is 2.69. The molecule has 1 fully saturated rings. The van der Waals surface area contributed by atoms with Crippen molar-refractivity contribution in [1.29, 1.82) is 0 Å². The molecule has 5 nitrogen and oxygen atoms in total. The number of nitrogens with one attached hydrogen (secondary N) is 1. The summed E-state index contributed by atoms with van der Waals surface area (Å²) >= 11 is 0. The van der Waals surface area contributed by atoms with Crippen LogP contribution in [0.25, 0.3) is 0 Å². The normalized spacial score (nSPS) is 20.0. The Morgan fingerprint density at radius 1 is 1.45 bits per heavy atom. The Labute approximate surface area is 122 Å². The molecule has 5 heteroatoms. The van der Waals surface area contributed by atoms with Crippen LogP contribution in [-0.4, -0.2) is 48.6 Å². The van der Waals surface area contributed by atoms with Gasteiger partial charge in [-0.25, -0.2) is 0 Å². The maximum atomic E-state index is 11.6. The Morgan fingerprint density at radius 2 is 2.10 bits per heavy atom. The lowest BCUT2D eigenvalue weighted by molar-refractivity contribution is -0.146. The van der Waals surface area contributed by atoms with Crippen molar-refractivity contribution in [3.63, 3.8) is 0 Å². The van der Waals surface area contributed by atoms with E-state index in [9.17, 15) is 9.90 Å². The molecule has 0 saturated carbocycles. The minimum atomic E-state index is -0.826. The molecule has 1 heterocycles. The minimum Gasteiger partial charge on any atom is -0.480 e. The topological polar surface area (TPSA) is 67.8 Å². The summed E-state index contributed by atoms with van der Waals surface area (Å²) in [7, 11) is 0. The van der Waals surface area contributed by atoms with Crippen molar-refractivity contribution >= 4 is 5.97 Å². The molecule has 0 amide bonds. The largest absolute Gasteiger partial charge is 0.480 e. The zero-order valence-electron chi connectivity index (χ0n) is 13.0. The molecule has 0 aromatic rings. The Kier molecular flexibility index (Phi) is 7.48. The van der Waals surface area contributed by atoms with Crippen molar-refractivity contribution < 1.29 is 19.4 Å². The maximum absolute atomic E-state index is 11.6. The van der Waals surface area contributed by atoms with E-state index in [-0.39, 0.29) is 12.1 Å². The molecule has 0 bridgehead atoms. The highest BCUT2D eigenvalue weighted by Crippen LogP contribution is 2.20. The Balaban J connectivity index is 2.35. The van der Waals surface area contributed by atoms with Crippen LogP contribution in [0.1, 0.15) is 52.9 Å². The van der Waals surface area contributed by atoms with Gasteiger partial charge in [0.15, 0.2) is 0 Å². The minimum absolute atomic E-state index is 0.155. The lowest BCUT2D eigenvalue weighted by atomic mass is 9.89. The summed E-state index contributed by atoms with van der Waals surface area (Å²) in [6.07, 6.45) is 4.11. The molecule has 1 atom stereocenters. The van der Waals surface area contributed by atoms with Crippen LogP contribution < -0.4 is 5.32 Å². The fraction of sp³-hybridized carbons (Fsp3) is 0.933. The number of hydrogen-bond donors (Lipinski definition) is 2. The molecule has 1 saturated heterocycles. The lowest BCUT2D eigenvalue weighted by Crippen LogP contribution is -2.54. The van der Waals surface area contributed by atoms with E-state index in [1.54, 1.807) is 0 Å². The average Bonchev–Trinajstić information content (AvgIpc) is 2.42. The summed E-state index contributed by atoms with van der Waals surface area (Å²) in [4.78, 5) is 11.6. The summed E-state index contributed by atoms with van der Waals surface area (Å²) < 4.78 is 11.1. The fourth-order valence-electron chi connectivity index (χ4n) is 2.69. The molecule has 1 unspecified atom stereocenters. The Hall–Kier alpha value is -0.650. The molecular formula is C15H29NO4. The standard InChI is InChI=1S/C15H29NO4/c1-4-15(14(17)18,16-12(2)3)8-5-9-20-13-6-10-19-11-7-13/h12-13,16H,4-11H2,1-3H3,(H,17,18). The molecular weight excluding hydrogens is 258 g/mol. The molecule has 118 valence electrons. The first-order chi connectivity index (χ1) is 9.50. The summed E-state index contributed by atoms with van der Waals surface area (Å²) in [5, 5.41) is 12.7. The molecule has 1 aliphatic heterocycles. The number of ether oxygens (including phenoxy) is 2. The SMILES string of the molecule is CCC(CCCOC1CCOCC1)(NC(C)C)C(=O)O. The molecule has 0 aliphatic carbocycles. The van der Waals surface area contributed by atoms with E-state index in [2.05, 4.69) is 5.32 Å². The van der Waals surface area contributed by atoms with Gasteiger partial charge in [0.2, 0.25) is 0 Å². The van der Waals surface area contributed by atoms with E-state index in [0.29, 0.717) is 19.4 Å². The summed E-state index contributed by atoms with van der Waals surface area (Å²) in [6, 6.07) is 0.155. The van der Waals surface area contributed by atoms with Crippen LogP contribution in [0.2, 0.25) is 0 Å². The molecule has 1 aliphatic rings. The van der Waals surface area contributed by atoms with Crippen molar-refractivity contribution in [1.82, 2.24) is 5.32 Å². The lowest BCUT2D eigenvalue weighted by Gasteiger charge is -2.32. The predicted molar refractivity (Wildman–Crippen MR) is 78.0 cm³/mol. The van der Waals surface area contributed by atoms with Gasteiger partial charge in [0.25, 0.3) is 0 Å². The molecule has 0 aromatic carbocycles. The van der Waals surface area contributed by atoms with E-state index in [0.717, 1.165) is 32.5 Å². The van der Waals surface area contributed by atoms with Gasteiger partial charge < -0.3 is 14.6 Å². The van der Waals surface area contributed by atoms with E-state index < -0.39 is 11.5 Å². The van der Waals surface area contributed by atoms with Gasteiger partial charge in [0.1, 0.15) is 5.54 Å². The number of carboxylic acids is 1. The van der Waals surface area contributed by atoms with E-state index in [1.807, 2.05) is 20.8 Å². The van der Waals surface area contributed by atoms with Crippen LogP contribution in [0, 0.1) is 0 Å². The van der Waals surface area contributed by atoms with E-state index in [1.165, 1.54) is 0 Å². The van der Waals surface area contributed by atoms with Crippen LogP contribution in [0.5, 0.6) is 0 Å². The molecule has 0 radical (unpaired) electrons. The van der Waals surface area contributed by atoms with Gasteiger partial charge in [0.05, 0.1) is 6.10 Å². The number of carbonyl (C=O) groups is 1. The van der Waals surface area contributed by atoms with Gasteiger partial charge in [-0.2, -0.15) is 0 Å². The van der Waals surface area contributed by atoms with Gasteiger partial charge >= 0.3 is 5.97 Å². The average molecular weight is 287 g/mol. The van der Waals surface area contributed by atoms with Gasteiger partial charge in [0, 0.05) is 25.9 Å². The summed E-state index contributed by atoms with van der Waals surface area (Å²) in [5.41, 5.74) is -0.826. The van der Waals surface area contributed by atoms with Gasteiger partial charge in [-0.15, -0.1) is 0 Å². The summed E-state index contributed by atoms with van der Waals surface area (Å²) in [5.74, 6) is -0.764. The first kappa shape index (κ1) is 17.4. The molecule has 0 spiro atoms. The number of carboxylic acid groups (broad SMARTS) is 1. The number of aliphatic carboxylic acids is 1. The molecule has 20 heavy (non-hydrogen) atoms. The smallest absolute Gasteiger partial charge is 0.323 e. The van der Waals surface area contributed by atoms with Crippen molar-refractivity contribution in [3.05, 3.63) is 0 Å². The third-order valence-electron chi connectivity index (χ3n) is 3.85. The molecule has 0 aromatic heterocycles. The van der Waals surface area contributed by atoms with Gasteiger partial charge in [-0.3, -0.25) is 10.1 Å². The number of hydrogen-bond acceptors (Lipinski definition) is 4. The second-order valence-electron chi connectivity index (χ2n) is 5.83. The van der Waals surface area contributed by atoms with Gasteiger partial charge in [-0.05, 0) is 46.0 Å². The first-order valence-corrected chi connectivity index (χ1v) is 7.70. The quantitative estimate of drug-likeness (QED) is 0.636. The number of rotatable bonds is 9. The monoisotopic (exact) mass is 287 g/mol. The Morgan fingerprint density at radius 3 is 2.60 bits per heavy atom. The van der Waals surface area contributed by atoms with E-state index in [4.69, 9.17) is 9.47 Å². The third-order valence-corrected chi connectivity index (χ3v) is 3.85. The van der Waals surface area contributed by atoms with E-state index >= 15 is 0 Å². The first-order valence-electron chi connectivity index (χ1n) is 7.70. The second kappa shape index (κ2) is 8.60. The zero-order valence-corrected chi connectivity index (χ0v) is 13.0. The van der Waals surface area contributed by atoms with Crippen molar-refractivity contribution in [2.75, 3.05) is 19.8 Å². The van der Waals surface area contributed by atoms with Crippen LogP contribution >= 0.6 is 0 Å². The summed E-state index contributed by atoms with van der Waals surface area (Å²) in [6.45, 7) is 8.04. The van der Waals surface area contributed by atoms with Crippen LogP contribution in [-0.2, 0) is 14.3 Å². The van der Waals surface area contributed by atoms with Gasteiger partial charge in [-0.1, -0.05) is 6.92 Å². The van der Waals surface area contributed by atoms with Crippen molar-refractivity contribution in [2.45, 2.75) is 70.6 Å². The molecule has 1 rings (SSSR count). The zero-order chi connectivity index (χ0) is 15.0. The third kappa shape index (κ3) is 5.38. The Bertz CT molecular complexity index is 290. The highest BCUT2D eigenvalue weighted by Gasteiger charge is 2.36. The van der Waals surface area contributed by atoms with Crippen molar-refractivity contribution in [3.8, 4) is 0 Å². The predicted octanol–water partition coefficient (Wildman–Crippen LogP) is 2.19. The highest BCUT2D eigenvalue weighted by molar-refractivity contribution is 5.78. The van der Waals surface area contributed by atoms with Crippen LogP contribution in [0.15, 0.2) is 0 Å². The maximum Gasteiger partial charge on any atom is 0.323 e. The second-order valence-corrected chi connectivity index (χ2v) is 5.83. The van der Waals surface area contributed by atoms with Crippen LogP contribution in [0.3, 0.4) is 0 Å². The molecule has 2 N–H and O–H groups in total. The van der Waals surface area contributed by atoms with Crippen LogP contribution in [0.4, 0.5) is 0 Å². The highest BCUT2D eigenvalue weighted by atomic mass is 16.5. The van der Waals surface area contributed by atoms with Crippen molar-refractivity contribution in [2.24, 2.45) is 0 Å².